The molecule has 0 aliphatic carbocycles. The molecule has 0 amide bonds. The van der Waals surface area contributed by atoms with Crippen LogP contribution in [-0.2, 0) is 6.42 Å². The molecule has 324 valence electrons. The molecule has 11 aromatic rings. The van der Waals surface area contributed by atoms with Gasteiger partial charge in [0.05, 0.1) is 0 Å². The minimum absolute atomic E-state index is 0.926. The van der Waals surface area contributed by atoms with Gasteiger partial charge in [-0.05, 0) is 229 Å². The highest BCUT2D eigenvalue weighted by Gasteiger charge is 2.19. The zero-order valence-electron chi connectivity index (χ0n) is 40.0. The van der Waals surface area contributed by atoms with Gasteiger partial charge in [-0.25, -0.2) is 0 Å². The molecule has 67 heavy (non-hydrogen) atoms. The van der Waals surface area contributed by atoms with Crippen LogP contribution in [0.25, 0.3) is 105 Å². The normalized spacial score (nSPS) is 12.1. The summed E-state index contributed by atoms with van der Waals surface area (Å²) >= 11 is 0. The van der Waals surface area contributed by atoms with Gasteiger partial charge in [0.1, 0.15) is 0 Å². The molecule has 0 aliphatic rings. The smallest absolute Gasteiger partial charge is 0.00201 e. The van der Waals surface area contributed by atoms with E-state index in [0.717, 1.165) is 6.42 Å². The first-order valence-electron chi connectivity index (χ1n) is 23.9. The van der Waals surface area contributed by atoms with Crippen molar-refractivity contribution in [3.05, 3.63) is 231 Å². The highest BCUT2D eigenvalue weighted by atomic mass is 14.2. The maximum atomic E-state index is 2.41. The first-order valence-corrected chi connectivity index (χ1v) is 23.9. The predicted octanol–water partition coefficient (Wildman–Crippen LogP) is 18.9. The summed E-state index contributed by atoms with van der Waals surface area (Å²) in [7, 11) is 0. The predicted molar refractivity (Wildman–Crippen MR) is 295 cm³/mol. The maximum absolute atomic E-state index is 2.41. The molecule has 0 nitrogen and oxygen atoms in total. The maximum Gasteiger partial charge on any atom is -0.00201 e. The van der Waals surface area contributed by atoms with Gasteiger partial charge in [0.15, 0.2) is 0 Å². The molecule has 0 aliphatic heterocycles. The van der Waals surface area contributed by atoms with Crippen molar-refractivity contribution in [2.45, 2.75) is 61.8 Å². The number of allylic oxidation sites excluding steroid dienone is 1. The first-order chi connectivity index (χ1) is 32.5. The first kappa shape index (κ1) is 42.1. The molecule has 0 spiro atoms. The Balaban J connectivity index is 0.918. The summed E-state index contributed by atoms with van der Waals surface area (Å²) < 4.78 is 0. The Bertz CT molecular complexity index is 3910. The summed E-state index contributed by atoms with van der Waals surface area (Å²) in [6.07, 6.45) is 9.75. The SMILES string of the molecule is CC=Cc1ccc2c(C)c(Cc3cc4ccc(C=Cc5cc6ccc(-c7c8ccc(C)cc8c(-c8ccc9cc(C)cc(C)c9c8)c8ccc(C)cc78)cc6cc5C)cc4cc3C)ccc2c1. The number of hydrogen-bond acceptors (Lipinski definition) is 0. The molecule has 0 bridgehead atoms. The number of aryl methyl sites for hydroxylation is 7. The van der Waals surface area contributed by atoms with Crippen molar-refractivity contribution >= 4 is 82.9 Å². The van der Waals surface area contributed by atoms with Crippen LogP contribution in [0.1, 0.15) is 73.7 Å². The summed E-state index contributed by atoms with van der Waals surface area (Å²) in [6.45, 7) is 17.7. The lowest BCUT2D eigenvalue weighted by Crippen LogP contribution is -1.96. The Morgan fingerprint density at radius 3 is 1.66 bits per heavy atom. The lowest BCUT2D eigenvalue weighted by molar-refractivity contribution is 1.14. The third-order valence-corrected chi connectivity index (χ3v) is 14.5. The van der Waals surface area contributed by atoms with Gasteiger partial charge in [-0.15, -0.1) is 0 Å². The molecular formula is C67H56. The Hall–Kier alpha value is -7.54. The van der Waals surface area contributed by atoms with E-state index in [4.69, 9.17) is 0 Å². The van der Waals surface area contributed by atoms with Crippen LogP contribution in [-0.4, -0.2) is 0 Å². The van der Waals surface area contributed by atoms with Crippen LogP contribution in [0.2, 0.25) is 0 Å². The van der Waals surface area contributed by atoms with Gasteiger partial charge >= 0.3 is 0 Å². The fourth-order valence-corrected chi connectivity index (χ4v) is 10.9. The van der Waals surface area contributed by atoms with Gasteiger partial charge in [-0.2, -0.15) is 0 Å². The van der Waals surface area contributed by atoms with Crippen molar-refractivity contribution in [3.63, 3.8) is 0 Å². The van der Waals surface area contributed by atoms with Crippen LogP contribution in [0.15, 0.2) is 164 Å². The molecule has 0 radical (unpaired) electrons. The van der Waals surface area contributed by atoms with Crippen LogP contribution in [0.3, 0.4) is 0 Å². The fourth-order valence-electron chi connectivity index (χ4n) is 10.9. The van der Waals surface area contributed by atoms with Crippen LogP contribution in [0.4, 0.5) is 0 Å². The van der Waals surface area contributed by atoms with E-state index in [2.05, 4.69) is 237 Å². The fraction of sp³-hybridized carbons (Fsp3) is 0.134. The molecule has 0 saturated carbocycles. The highest BCUT2D eigenvalue weighted by molar-refractivity contribution is 6.22. The van der Waals surface area contributed by atoms with Gasteiger partial charge in [0.25, 0.3) is 0 Å². The van der Waals surface area contributed by atoms with Crippen LogP contribution >= 0.6 is 0 Å². The second kappa shape index (κ2) is 16.7. The van der Waals surface area contributed by atoms with E-state index < -0.39 is 0 Å². The highest BCUT2D eigenvalue weighted by Crippen LogP contribution is 2.46. The average molecular weight is 861 g/mol. The van der Waals surface area contributed by atoms with E-state index in [9.17, 15) is 0 Å². The molecule has 0 N–H and O–H groups in total. The molecular weight excluding hydrogens is 805 g/mol. The summed E-state index contributed by atoms with van der Waals surface area (Å²) in [4.78, 5) is 0. The molecule has 0 aromatic heterocycles. The second-order valence-corrected chi connectivity index (χ2v) is 19.4. The van der Waals surface area contributed by atoms with Gasteiger partial charge in [-0.1, -0.05) is 168 Å². The second-order valence-electron chi connectivity index (χ2n) is 19.4. The Labute approximate surface area is 395 Å². The third kappa shape index (κ3) is 7.71. The Kier molecular flexibility index (Phi) is 10.5. The van der Waals surface area contributed by atoms with Crippen LogP contribution in [0, 0.1) is 48.5 Å². The minimum Gasteiger partial charge on any atom is -0.0871 e. The molecule has 11 aromatic carbocycles. The summed E-state index contributed by atoms with van der Waals surface area (Å²) in [6, 6.07) is 60.5. The zero-order chi connectivity index (χ0) is 46.1. The lowest BCUT2D eigenvalue weighted by atomic mass is 9.84. The Morgan fingerprint density at radius 1 is 0.328 bits per heavy atom. The molecule has 0 unspecified atom stereocenters. The molecule has 0 fully saturated rings. The molecule has 0 heterocycles. The van der Waals surface area contributed by atoms with Crippen molar-refractivity contribution in [3.8, 4) is 22.3 Å². The standard InChI is InChI=1S/C67H56/c1-9-10-47-15-26-60-46(8)50(18-20-54(60)33-47)36-57-37-51-17-14-48(34-58(51)32-44(57)6)13-16-49-35-52-19-22-55(38-59(52)31-43(49)5)66-61-24-11-41(3)30-65(61)67(62-25-12-40(2)29-64(62)66)56-23-21-53-28-42(4)27-45(7)63(53)39-56/h9-35,37-39H,36H2,1-8H3. The van der Waals surface area contributed by atoms with Crippen LogP contribution < -0.4 is 0 Å². The molecule has 11 rings (SSSR count). The number of hydrogen-bond donors (Lipinski definition) is 0. The molecule has 0 heteroatoms. The van der Waals surface area contributed by atoms with E-state index in [0.29, 0.717) is 0 Å². The van der Waals surface area contributed by atoms with Crippen molar-refractivity contribution in [2.24, 2.45) is 0 Å². The van der Waals surface area contributed by atoms with Gasteiger partial charge in [-0.3, -0.25) is 0 Å². The van der Waals surface area contributed by atoms with E-state index in [1.807, 2.05) is 0 Å². The monoisotopic (exact) mass is 860 g/mol. The van der Waals surface area contributed by atoms with E-state index in [-0.39, 0.29) is 0 Å². The largest absolute Gasteiger partial charge is 0.0871 e. The number of rotatable bonds is 7. The molecule has 0 atom stereocenters. The lowest BCUT2D eigenvalue weighted by Gasteiger charge is -2.20. The summed E-state index contributed by atoms with van der Waals surface area (Å²) in [5.74, 6) is 0. The Morgan fingerprint density at radius 2 is 0.910 bits per heavy atom. The minimum atomic E-state index is 0.926. The van der Waals surface area contributed by atoms with Crippen molar-refractivity contribution in [2.75, 3.05) is 0 Å². The van der Waals surface area contributed by atoms with Crippen LogP contribution in [0.5, 0.6) is 0 Å². The van der Waals surface area contributed by atoms with Crippen molar-refractivity contribution in [1.82, 2.24) is 0 Å². The number of fused-ring (bicyclic) bond motifs is 6. The summed E-state index contributed by atoms with van der Waals surface area (Å²) in [5.41, 5.74) is 20.7. The van der Waals surface area contributed by atoms with Crippen molar-refractivity contribution < 1.29 is 0 Å². The third-order valence-electron chi connectivity index (χ3n) is 14.5. The van der Waals surface area contributed by atoms with E-state index in [1.54, 1.807) is 0 Å². The van der Waals surface area contributed by atoms with Gasteiger partial charge in [0.2, 0.25) is 0 Å². The van der Waals surface area contributed by atoms with E-state index >= 15 is 0 Å². The van der Waals surface area contributed by atoms with Gasteiger partial charge in [0, 0.05) is 0 Å². The summed E-state index contributed by atoms with van der Waals surface area (Å²) in [5, 5.41) is 15.5. The molecule has 0 saturated heterocycles. The number of benzene rings is 11. The topological polar surface area (TPSA) is 0 Å². The van der Waals surface area contributed by atoms with Crippen molar-refractivity contribution in [1.29, 1.82) is 0 Å². The van der Waals surface area contributed by atoms with E-state index in [1.165, 1.54) is 154 Å². The quantitative estimate of drug-likeness (QED) is 0.111. The average Bonchev–Trinajstić information content (AvgIpc) is 3.31. The van der Waals surface area contributed by atoms with Gasteiger partial charge < -0.3 is 0 Å². The zero-order valence-corrected chi connectivity index (χ0v) is 40.0.